The van der Waals surface area contributed by atoms with Crippen molar-refractivity contribution in [3.05, 3.63) is 63.6 Å². The molecular weight excluding hydrogens is 535 g/mol. The number of fused-ring (bicyclic) bond motifs is 1. The zero-order valence-electron chi connectivity index (χ0n) is 23.1. The zero-order valence-corrected chi connectivity index (χ0v) is 24.6. The van der Waals surface area contributed by atoms with Gasteiger partial charge in [0, 0.05) is 38.5 Å². The van der Waals surface area contributed by atoms with Crippen LogP contribution in [0.4, 0.5) is 0 Å². The monoisotopic (exact) mass is 572 g/mol. The molecule has 210 valence electrons. The number of hydrogen-bond acceptors (Lipinski definition) is 5. The first-order chi connectivity index (χ1) is 18.6. The van der Waals surface area contributed by atoms with Crippen molar-refractivity contribution in [2.45, 2.75) is 68.9 Å². The first-order valence-corrected chi connectivity index (χ1v) is 14.7. The molecule has 2 saturated carbocycles. The number of rotatable bonds is 8. The van der Waals surface area contributed by atoms with Crippen molar-refractivity contribution in [2.24, 2.45) is 5.92 Å². The fourth-order valence-corrected chi connectivity index (χ4v) is 7.21. The fourth-order valence-electron chi connectivity index (χ4n) is 6.89. The van der Waals surface area contributed by atoms with Gasteiger partial charge in [-0.05, 0) is 86.4 Å². The molecule has 1 heterocycles. The first kappa shape index (κ1) is 28.3. The number of nitrogens with zero attached hydrogens (tertiary/aromatic N) is 2. The second kappa shape index (κ2) is 11.3. The Kier molecular flexibility index (Phi) is 8.19. The maximum atomic E-state index is 13.5. The smallest absolute Gasteiger partial charge is 0.303 e. The first-order valence-electron chi connectivity index (χ1n) is 13.9. The number of carbonyl (C=O) groups is 2. The summed E-state index contributed by atoms with van der Waals surface area (Å²) in [7, 11) is 3.57. The lowest BCUT2D eigenvalue weighted by molar-refractivity contribution is -0.190. The van der Waals surface area contributed by atoms with Gasteiger partial charge in [-0.3, -0.25) is 14.5 Å². The van der Waals surface area contributed by atoms with Gasteiger partial charge in [0.1, 0.15) is 11.4 Å². The van der Waals surface area contributed by atoms with Crippen molar-refractivity contribution in [3.8, 4) is 5.75 Å². The van der Waals surface area contributed by atoms with E-state index in [4.69, 9.17) is 32.7 Å². The Morgan fingerprint density at radius 3 is 2.56 bits per heavy atom. The summed E-state index contributed by atoms with van der Waals surface area (Å²) in [5, 5.41) is 0.923. The molecule has 0 N–H and O–H groups in total. The van der Waals surface area contributed by atoms with Crippen molar-refractivity contribution in [2.75, 3.05) is 33.8 Å². The number of amides is 1. The molecule has 0 bridgehead atoms. The van der Waals surface area contributed by atoms with E-state index in [1.165, 1.54) is 19.8 Å². The largest absolute Gasteiger partial charge is 0.497 e. The van der Waals surface area contributed by atoms with Gasteiger partial charge in [0.25, 0.3) is 0 Å². The Bertz CT molecular complexity index is 1230. The molecule has 0 radical (unpaired) electrons. The molecule has 6 nitrogen and oxygen atoms in total. The van der Waals surface area contributed by atoms with Crippen LogP contribution in [0.3, 0.4) is 0 Å². The lowest BCUT2D eigenvalue weighted by Crippen LogP contribution is -2.68. The van der Waals surface area contributed by atoms with Crippen LogP contribution in [0.25, 0.3) is 0 Å². The summed E-state index contributed by atoms with van der Waals surface area (Å²) in [6.45, 7) is 4.23. The van der Waals surface area contributed by atoms with E-state index in [1.54, 1.807) is 19.2 Å². The van der Waals surface area contributed by atoms with E-state index in [1.807, 2.05) is 30.1 Å². The highest BCUT2D eigenvalue weighted by molar-refractivity contribution is 6.42. The molecule has 5 rings (SSSR count). The molecule has 3 atom stereocenters. The van der Waals surface area contributed by atoms with Crippen LogP contribution in [0, 0.1) is 5.92 Å². The average molecular weight is 574 g/mol. The Morgan fingerprint density at radius 1 is 1.08 bits per heavy atom. The van der Waals surface area contributed by atoms with Gasteiger partial charge in [-0.2, -0.15) is 0 Å². The van der Waals surface area contributed by atoms with Crippen LogP contribution in [0.2, 0.25) is 10.0 Å². The van der Waals surface area contributed by atoms with Crippen LogP contribution >= 0.6 is 23.2 Å². The molecule has 3 unspecified atom stereocenters. The minimum absolute atomic E-state index is 0.00476. The number of likely N-dealkylation sites (N-methyl/N-ethyl adjacent to an activating group) is 1. The number of hydrogen-bond donors (Lipinski definition) is 0. The molecule has 8 heteroatoms. The predicted octanol–water partition coefficient (Wildman–Crippen LogP) is 5.91. The van der Waals surface area contributed by atoms with Crippen LogP contribution in [0.1, 0.15) is 56.6 Å². The Hall–Kier alpha value is -2.28. The average Bonchev–Trinajstić information content (AvgIpc) is 3.73. The number of esters is 1. The van der Waals surface area contributed by atoms with Gasteiger partial charge in [-0.15, -0.1) is 0 Å². The summed E-state index contributed by atoms with van der Waals surface area (Å²) in [6, 6.07) is 13.5. The highest BCUT2D eigenvalue weighted by Gasteiger charge is 2.61. The molecule has 0 spiro atoms. The van der Waals surface area contributed by atoms with Crippen molar-refractivity contribution in [1.29, 1.82) is 0 Å². The van der Waals surface area contributed by atoms with Crippen LogP contribution in [-0.2, 0) is 26.2 Å². The minimum Gasteiger partial charge on any atom is -0.497 e. The zero-order chi connectivity index (χ0) is 27.8. The molecule has 3 aliphatic rings. The standard InChI is InChI=1S/C31H38Cl2N2O4/c1-21(36)39-31-12-11-25(34(2)29(37)16-23-9-10-27(32)28(33)15-23)18-30(31,24-5-4-6-26(17-24)38-3)13-14-35(20-31)19-22-7-8-22/h4-6,9-10,15,17,22,25H,7-8,11-14,16,18-20H2,1-3H3. The van der Waals surface area contributed by atoms with E-state index in [2.05, 4.69) is 17.0 Å². The van der Waals surface area contributed by atoms with Gasteiger partial charge in [0.05, 0.1) is 23.6 Å². The molecule has 2 aliphatic carbocycles. The van der Waals surface area contributed by atoms with Gasteiger partial charge in [0.15, 0.2) is 0 Å². The van der Waals surface area contributed by atoms with E-state index in [-0.39, 0.29) is 24.3 Å². The summed E-state index contributed by atoms with van der Waals surface area (Å²) < 4.78 is 12.0. The molecule has 1 aliphatic heterocycles. The van der Waals surface area contributed by atoms with Crippen LogP contribution in [0.15, 0.2) is 42.5 Å². The van der Waals surface area contributed by atoms with E-state index in [9.17, 15) is 9.59 Å². The number of piperidine rings is 1. The summed E-state index contributed by atoms with van der Waals surface area (Å²) in [4.78, 5) is 30.5. The highest BCUT2D eigenvalue weighted by atomic mass is 35.5. The second-order valence-corrected chi connectivity index (χ2v) is 12.5. The maximum Gasteiger partial charge on any atom is 0.303 e. The van der Waals surface area contributed by atoms with Gasteiger partial charge in [-0.25, -0.2) is 0 Å². The predicted molar refractivity (Wildman–Crippen MR) is 154 cm³/mol. The van der Waals surface area contributed by atoms with E-state index in [0.29, 0.717) is 29.4 Å². The molecule has 1 amide bonds. The van der Waals surface area contributed by atoms with Crippen molar-refractivity contribution >= 4 is 35.1 Å². The van der Waals surface area contributed by atoms with Crippen LogP contribution < -0.4 is 4.74 Å². The molecule has 1 saturated heterocycles. The Morgan fingerprint density at radius 2 is 1.87 bits per heavy atom. The maximum absolute atomic E-state index is 13.5. The number of halogens is 2. The van der Waals surface area contributed by atoms with E-state index < -0.39 is 11.0 Å². The second-order valence-electron chi connectivity index (χ2n) is 11.7. The van der Waals surface area contributed by atoms with Crippen molar-refractivity contribution in [3.63, 3.8) is 0 Å². The Balaban J connectivity index is 1.47. The van der Waals surface area contributed by atoms with Gasteiger partial charge < -0.3 is 14.4 Å². The normalized spacial score (nSPS) is 26.9. The quantitative estimate of drug-likeness (QED) is 0.368. The molecule has 2 aromatic rings. The SMILES string of the molecule is COc1cccc(C23CCN(CC4CC4)CC2(OC(C)=O)CCC(N(C)C(=O)Cc2ccc(Cl)c(Cl)c2)C3)c1. The molecule has 2 aromatic carbocycles. The highest BCUT2D eigenvalue weighted by Crippen LogP contribution is 2.55. The Labute approximate surface area is 241 Å². The molecule has 0 aromatic heterocycles. The van der Waals surface area contributed by atoms with Crippen LogP contribution in [-0.4, -0.2) is 67.1 Å². The number of likely N-dealkylation sites (tertiary alicyclic amines) is 1. The van der Waals surface area contributed by atoms with Gasteiger partial charge >= 0.3 is 5.97 Å². The van der Waals surface area contributed by atoms with Crippen molar-refractivity contribution in [1.82, 2.24) is 9.80 Å². The molecular formula is C31H38Cl2N2O4. The summed E-state index contributed by atoms with van der Waals surface area (Å²) in [5.74, 6) is 1.32. The lowest BCUT2D eigenvalue weighted by Gasteiger charge is -2.60. The third-order valence-electron chi connectivity index (χ3n) is 9.13. The lowest BCUT2D eigenvalue weighted by atomic mass is 9.55. The van der Waals surface area contributed by atoms with Gasteiger partial charge in [0.2, 0.25) is 5.91 Å². The number of methoxy groups -OCH3 is 1. The van der Waals surface area contributed by atoms with Crippen LogP contribution in [0.5, 0.6) is 5.75 Å². The van der Waals surface area contributed by atoms with Gasteiger partial charge in [-0.1, -0.05) is 41.4 Å². The third-order valence-corrected chi connectivity index (χ3v) is 9.87. The fraction of sp³-hybridized carbons (Fsp3) is 0.548. The molecule has 39 heavy (non-hydrogen) atoms. The van der Waals surface area contributed by atoms with E-state index >= 15 is 0 Å². The number of benzene rings is 2. The summed E-state index contributed by atoms with van der Waals surface area (Å²) >= 11 is 12.3. The number of ether oxygens (including phenoxy) is 2. The van der Waals surface area contributed by atoms with Crippen molar-refractivity contribution < 1.29 is 19.1 Å². The van der Waals surface area contributed by atoms with E-state index in [0.717, 1.165) is 48.7 Å². The number of carbonyl (C=O) groups excluding carboxylic acids is 2. The summed E-state index contributed by atoms with van der Waals surface area (Å²) in [5.41, 5.74) is 0.850. The third kappa shape index (κ3) is 5.79. The topological polar surface area (TPSA) is 59.1 Å². The minimum atomic E-state index is -0.664. The summed E-state index contributed by atoms with van der Waals surface area (Å²) in [6.07, 6.45) is 5.85. The molecule has 3 fully saturated rings.